The minimum Gasteiger partial charge on any atom is -0.326 e. The van der Waals surface area contributed by atoms with Crippen LogP contribution in [0.5, 0.6) is 0 Å². The lowest BCUT2D eigenvalue weighted by Crippen LogP contribution is -2.21. The molecule has 0 aliphatic rings. The van der Waals surface area contributed by atoms with E-state index in [1.807, 2.05) is 18.2 Å². The van der Waals surface area contributed by atoms with Gasteiger partial charge in [0.1, 0.15) is 0 Å². The zero-order chi connectivity index (χ0) is 17.1. The third-order valence-corrected chi connectivity index (χ3v) is 4.98. The number of carbonyl (C=O) groups excluding carboxylic acids is 1. The highest BCUT2D eigenvalue weighted by Gasteiger charge is 2.09. The van der Waals surface area contributed by atoms with Crippen LogP contribution in [0, 0.1) is 0 Å². The zero-order valence-electron chi connectivity index (χ0n) is 13.7. The summed E-state index contributed by atoms with van der Waals surface area (Å²) in [6, 6.07) is 10.7. The highest BCUT2D eigenvalue weighted by atomic mass is 32.1. The maximum Gasteiger partial charge on any atom is 0.250 e. The van der Waals surface area contributed by atoms with Gasteiger partial charge >= 0.3 is 0 Å². The Morgan fingerprint density at radius 3 is 2.88 bits per heavy atom. The summed E-state index contributed by atoms with van der Waals surface area (Å²) in [6.07, 6.45) is 1.94. The van der Waals surface area contributed by atoms with Crippen LogP contribution in [-0.4, -0.2) is 15.5 Å². The molecule has 0 radical (unpaired) electrons. The van der Waals surface area contributed by atoms with E-state index in [0.717, 1.165) is 20.9 Å². The molecule has 0 saturated heterocycles. The van der Waals surface area contributed by atoms with E-state index in [1.165, 1.54) is 10.6 Å². The number of thiazole rings is 1. The molecule has 0 atom stereocenters. The predicted octanol–water partition coefficient (Wildman–Crippen LogP) is 3.61. The summed E-state index contributed by atoms with van der Waals surface area (Å²) in [4.78, 5) is 28.3. The number of aryl methyl sites for hydroxylation is 1. The molecule has 24 heavy (non-hydrogen) atoms. The Morgan fingerprint density at radius 2 is 2.12 bits per heavy atom. The molecule has 0 fully saturated rings. The van der Waals surface area contributed by atoms with E-state index >= 15 is 0 Å². The van der Waals surface area contributed by atoms with Gasteiger partial charge in [0, 0.05) is 36.8 Å². The van der Waals surface area contributed by atoms with Crippen LogP contribution >= 0.6 is 11.3 Å². The standard InChI is InChI=1S/C18H19N3O2S/c1-12(2)18-20-14-7-6-13(11-15(14)24-18)19-16(22)8-10-21-9-4-3-5-17(21)23/h3-7,9,11-12H,8,10H2,1-2H3,(H,19,22). The second kappa shape index (κ2) is 6.97. The topological polar surface area (TPSA) is 64.0 Å². The van der Waals surface area contributed by atoms with Crippen LogP contribution in [0.25, 0.3) is 10.2 Å². The summed E-state index contributed by atoms with van der Waals surface area (Å²) >= 11 is 1.65. The minimum atomic E-state index is -0.112. The van der Waals surface area contributed by atoms with Crippen LogP contribution in [0.1, 0.15) is 31.2 Å². The first kappa shape index (κ1) is 16.4. The second-order valence-corrected chi connectivity index (χ2v) is 6.98. The Hall–Kier alpha value is -2.47. The van der Waals surface area contributed by atoms with Gasteiger partial charge in [0.15, 0.2) is 0 Å². The smallest absolute Gasteiger partial charge is 0.250 e. The van der Waals surface area contributed by atoms with Crippen molar-refractivity contribution >= 4 is 33.1 Å². The minimum absolute atomic E-state index is 0.0994. The SMILES string of the molecule is CC(C)c1nc2ccc(NC(=O)CCn3ccccc3=O)cc2s1. The van der Waals surface area contributed by atoms with E-state index in [-0.39, 0.29) is 17.9 Å². The van der Waals surface area contributed by atoms with Crippen molar-refractivity contribution in [3.8, 4) is 0 Å². The van der Waals surface area contributed by atoms with Gasteiger partial charge in [-0.2, -0.15) is 0 Å². The molecule has 5 nitrogen and oxygen atoms in total. The molecule has 1 N–H and O–H groups in total. The van der Waals surface area contributed by atoms with Gasteiger partial charge in [0.05, 0.1) is 15.2 Å². The van der Waals surface area contributed by atoms with E-state index in [0.29, 0.717) is 12.5 Å². The van der Waals surface area contributed by atoms with Crippen LogP contribution in [0.2, 0.25) is 0 Å². The van der Waals surface area contributed by atoms with E-state index < -0.39 is 0 Å². The molecule has 1 amide bonds. The molecule has 6 heteroatoms. The molecule has 3 aromatic rings. The van der Waals surface area contributed by atoms with Gasteiger partial charge in [-0.15, -0.1) is 11.3 Å². The second-order valence-electron chi connectivity index (χ2n) is 5.92. The fourth-order valence-electron chi connectivity index (χ4n) is 2.36. The fraction of sp³-hybridized carbons (Fsp3) is 0.278. The molecular weight excluding hydrogens is 322 g/mol. The Bertz CT molecular complexity index is 927. The van der Waals surface area contributed by atoms with Crippen molar-refractivity contribution in [3.05, 3.63) is 58.0 Å². The summed E-state index contributed by atoms with van der Waals surface area (Å²) < 4.78 is 2.59. The summed E-state index contributed by atoms with van der Waals surface area (Å²) in [5.74, 6) is 0.281. The maximum absolute atomic E-state index is 12.1. The number of anilines is 1. The van der Waals surface area contributed by atoms with Gasteiger partial charge in [-0.25, -0.2) is 4.98 Å². The van der Waals surface area contributed by atoms with Crippen molar-refractivity contribution in [2.24, 2.45) is 0 Å². The van der Waals surface area contributed by atoms with Crippen LogP contribution in [0.15, 0.2) is 47.4 Å². The van der Waals surface area contributed by atoms with Gasteiger partial charge in [0.25, 0.3) is 5.56 Å². The fourth-order valence-corrected chi connectivity index (χ4v) is 3.37. The van der Waals surface area contributed by atoms with Crippen molar-refractivity contribution in [2.75, 3.05) is 5.32 Å². The maximum atomic E-state index is 12.1. The van der Waals surface area contributed by atoms with E-state index in [1.54, 1.807) is 29.7 Å². The number of carbonyl (C=O) groups is 1. The van der Waals surface area contributed by atoms with Gasteiger partial charge in [0.2, 0.25) is 5.91 Å². The number of fused-ring (bicyclic) bond motifs is 1. The van der Waals surface area contributed by atoms with Crippen molar-refractivity contribution in [2.45, 2.75) is 32.7 Å². The Kier molecular flexibility index (Phi) is 4.76. The molecule has 2 aromatic heterocycles. The van der Waals surface area contributed by atoms with Gasteiger partial charge < -0.3 is 9.88 Å². The molecule has 0 aliphatic carbocycles. The highest BCUT2D eigenvalue weighted by molar-refractivity contribution is 7.18. The van der Waals surface area contributed by atoms with Crippen molar-refractivity contribution in [1.29, 1.82) is 0 Å². The van der Waals surface area contributed by atoms with Crippen LogP contribution in [0.4, 0.5) is 5.69 Å². The lowest BCUT2D eigenvalue weighted by atomic mass is 10.2. The summed E-state index contributed by atoms with van der Waals surface area (Å²) in [5.41, 5.74) is 1.61. The summed E-state index contributed by atoms with van der Waals surface area (Å²) in [7, 11) is 0. The molecule has 0 bridgehead atoms. The van der Waals surface area contributed by atoms with Gasteiger partial charge in [-0.3, -0.25) is 9.59 Å². The summed E-state index contributed by atoms with van der Waals surface area (Å²) in [6.45, 7) is 4.60. The largest absolute Gasteiger partial charge is 0.326 e. The van der Waals surface area contributed by atoms with E-state index in [2.05, 4.69) is 24.1 Å². The first-order valence-corrected chi connectivity index (χ1v) is 8.70. The lowest BCUT2D eigenvalue weighted by molar-refractivity contribution is -0.116. The molecule has 2 heterocycles. The number of benzene rings is 1. The third kappa shape index (κ3) is 3.71. The van der Waals surface area contributed by atoms with Crippen molar-refractivity contribution in [3.63, 3.8) is 0 Å². The number of nitrogens with one attached hydrogen (secondary N) is 1. The normalized spacial score (nSPS) is 11.1. The first-order chi connectivity index (χ1) is 11.5. The number of amides is 1. The quantitative estimate of drug-likeness (QED) is 0.771. The van der Waals surface area contributed by atoms with E-state index in [9.17, 15) is 9.59 Å². The number of hydrogen-bond donors (Lipinski definition) is 1. The molecule has 0 aliphatic heterocycles. The third-order valence-electron chi connectivity index (χ3n) is 3.66. The number of nitrogens with zero attached hydrogens (tertiary/aromatic N) is 2. The molecular formula is C18H19N3O2S. The number of pyridine rings is 1. The molecule has 124 valence electrons. The highest BCUT2D eigenvalue weighted by Crippen LogP contribution is 2.29. The Balaban J connectivity index is 1.67. The predicted molar refractivity (Wildman–Crippen MR) is 97.7 cm³/mol. The molecule has 0 saturated carbocycles. The zero-order valence-corrected chi connectivity index (χ0v) is 14.5. The summed E-state index contributed by atoms with van der Waals surface area (Å²) in [5, 5.41) is 3.98. The number of hydrogen-bond acceptors (Lipinski definition) is 4. The van der Waals surface area contributed by atoms with Crippen LogP contribution in [0.3, 0.4) is 0 Å². The van der Waals surface area contributed by atoms with Crippen LogP contribution in [-0.2, 0) is 11.3 Å². The van der Waals surface area contributed by atoms with Gasteiger partial charge in [-0.1, -0.05) is 19.9 Å². The number of aromatic nitrogens is 2. The van der Waals surface area contributed by atoms with Gasteiger partial charge in [-0.05, 0) is 24.3 Å². The number of rotatable bonds is 5. The molecule has 0 spiro atoms. The lowest BCUT2D eigenvalue weighted by Gasteiger charge is -2.06. The van der Waals surface area contributed by atoms with Crippen molar-refractivity contribution < 1.29 is 4.79 Å². The average molecular weight is 341 g/mol. The van der Waals surface area contributed by atoms with E-state index in [4.69, 9.17) is 0 Å². The molecule has 1 aromatic carbocycles. The Labute approximate surface area is 144 Å². The van der Waals surface area contributed by atoms with Crippen LogP contribution < -0.4 is 10.9 Å². The molecule has 3 rings (SSSR count). The molecule has 0 unspecified atom stereocenters. The Morgan fingerprint density at radius 1 is 1.29 bits per heavy atom. The van der Waals surface area contributed by atoms with Crippen molar-refractivity contribution in [1.82, 2.24) is 9.55 Å². The monoisotopic (exact) mass is 341 g/mol. The average Bonchev–Trinajstić information content (AvgIpc) is 2.98. The first-order valence-electron chi connectivity index (χ1n) is 7.89.